The number of benzene rings is 1. The molecule has 3 rings (SSSR count). The van der Waals surface area contributed by atoms with Gasteiger partial charge in [0.25, 0.3) is 5.91 Å². The molecule has 3 aromatic rings. The van der Waals surface area contributed by atoms with Gasteiger partial charge >= 0.3 is 5.97 Å². The Balaban J connectivity index is 1.64. The van der Waals surface area contributed by atoms with Crippen LogP contribution in [0.15, 0.2) is 35.7 Å². The lowest BCUT2D eigenvalue weighted by Crippen LogP contribution is -2.20. The summed E-state index contributed by atoms with van der Waals surface area (Å²) < 4.78 is 5.08. The van der Waals surface area contributed by atoms with Gasteiger partial charge in [-0.25, -0.2) is 9.78 Å². The van der Waals surface area contributed by atoms with Gasteiger partial charge in [-0.2, -0.15) is 5.26 Å². The summed E-state index contributed by atoms with van der Waals surface area (Å²) in [6.07, 6.45) is 0. The van der Waals surface area contributed by atoms with Crippen LogP contribution in [0.1, 0.15) is 20.9 Å². The topological polar surface area (TPSA) is 92.1 Å². The maximum Gasteiger partial charge on any atom is 0.350 e. The van der Waals surface area contributed by atoms with E-state index in [2.05, 4.69) is 10.3 Å². The van der Waals surface area contributed by atoms with Gasteiger partial charge < -0.3 is 10.1 Å². The van der Waals surface area contributed by atoms with Gasteiger partial charge in [-0.05, 0) is 30.5 Å². The lowest BCUT2D eigenvalue weighted by molar-refractivity contribution is -0.119. The first kappa shape index (κ1) is 19.0. The number of amides is 1. The zero-order chi connectivity index (χ0) is 19.4. The minimum Gasteiger partial charge on any atom is -0.451 e. The van der Waals surface area contributed by atoms with Crippen molar-refractivity contribution in [2.24, 2.45) is 0 Å². The molecular weight excluding hydrogens is 406 g/mol. The molecule has 0 aliphatic rings. The van der Waals surface area contributed by atoms with Crippen LogP contribution < -0.4 is 5.32 Å². The standard InChI is InChI=1S/C18H12ClN3O3S2/c1-10-15(27-17(21-10)11-2-4-13(19)5-3-11)18(24)25-9-14(23)22-16-12(8-20)6-7-26-16/h2-7H,9H2,1H3,(H,22,23). The molecule has 1 N–H and O–H groups in total. The molecule has 1 amide bonds. The Labute approximate surface area is 168 Å². The number of esters is 1. The second kappa shape index (κ2) is 8.31. The summed E-state index contributed by atoms with van der Waals surface area (Å²) in [5.74, 6) is -1.13. The highest BCUT2D eigenvalue weighted by Gasteiger charge is 2.19. The Morgan fingerprint density at radius 2 is 2.04 bits per heavy atom. The van der Waals surface area contributed by atoms with E-state index >= 15 is 0 Å². The fourth-order valence-corrected chi connectivity index (χ4v) is 4.00. The summed E-state index contributed by atoms with van der Waals surface area (Å²) in [7, 11) is 0. The smallest absolute Gasteiger partial charge is 0.350 e. The summed E-state index contributed by atoms with van der Waals surface area (Å²) in [6, 6.07) is 10.7. The minimum absolute atomic E-state index is 0.335. The molecule has 0 aliphatic heterocycles. The normalized spacial score (nSPS) is 10.3. The predicted octanol–water partition coefficient (Wildman–Crippen LogP) is 4.50. The van der Waals surface area contributed by atoms with E-state index in [0.29, 0.717) is 31.2 Å². The van der Waals surface area contributed by atoms with Gasteiger partial charge in [0.1, 0.15) is 21.0 Å². The number of thiophene rings is 1. The number of carbonyl (C=O) groups is 2. The average molecular weight is 418 g/mol. The van der Waals surface area contributed by atoms with E-state index in [4.69, 9.17) is 21.6 Å². The van der Waals surface area contributed by atoms with E-state index in [1.54, 1.807) is 30.5 Å². The van der Waals surface area contributed by atoms with E-state index < -0.39 is 18.5 Å². The summed E-state index contributed by atoms with van der Waals surface area (Å²) in [6.45, 7) is 1.26. The number of nitriles is 1. The second-order valence-electron chi connectivity index (χ2n) is 5.34. The Morgan fingerprint density at radius 3 is 2.74 bits per heavy atom. The first-order valence-corrected chi connectivity index (χ1v) is 9.73. The zero-order valence-electron chi connectivity index (χ0n) is 14.0. The van der Waals surface area contributed by atoms with Crippen LogP contribution in [0.5, 0.6) is 0 Å². The van der Waals surface area contributed by atoms with Gasteiger partial charge in [0.2, 0.25) is 0 Å². The van der Waals surface area contributed by atoms with Crippen molar-refractivity contribution in [3.8, 4) is 16.6 Å². The molecule has 0 spiro atoms. The number of rotatable bonds is 5. The van der Waals surface area contributed by atoms with Gasteiger partial charge in [0.05, 0.1) is 11.3 Å². The van der Waals surface area contributed by atoms with E-state index in [1.807, 2.05) is 18.2 Å². The number of nitrogens with zero attached hydrogens (tertiary/aromatic N) is 2. The first-order valence-electron chi connectivity index (χ1n) is 7.66. The predicted molar refractivity (Wildman–Crippen MR) is 105 cm³/mol. The molecule has 2 aromatic heterocycles. The maximum atomic E-state index is 12.3. The molecule has 0 saturated heterocycles. The van der Waals surface area contributed by atoms with Crippen molar-refractivity contribution < 1.29 is 14.3 Å². The fraction of sp³-hybridized carbons (Fsp3) is 0.111. The van der Waals surface area contributed by atoms with E-state index in [-0.39, 0.29) is 0 Å². The summed E-state index contributed by atoms with van der Waals surface area (Å²) in [4.78, 5) is 29.0. The first-order chi connectivity index (χ1) is 13.0. The van der Waals surface area contributed by atoms with Crippen LogP contribution in [-0.4, -0.2) is 23.5 Å². The molecular formula is C18H12ClN3O3S2. The molecule has 6 nitrogen and oxygen atoms in total. The third kappa shape index (κ3) is 4.52. The minimum atomic E-state index is -0.618. The van der Waals surface area contributed by atoms with Crippen molar-refractivity contribution in [2.75, 3.05) is 11.9 Å². The Bertz CT molecular complexity index is 1040. The van der Waals surface area contributed by atoms with E-state index in [0.717, 1.165) is 5.56 Å². The molecule has 0 aliphatic carbocycles. The second-order valence-corrected chi connectivity index (χ2v) is 7.69. The van der Waals surface area contributed by atoms with Crippen LogP contribution in [0.25, 0.3) is 10.6 Å². The van der Waals surface area contributed by atoms with Crippen LogP contribution in [0, 0.1) is 18.3 Å². The van der Waals surface area contributed by atoms with Crippen LogP contribution in [0.2, 0.25) is 5.02 Å². The van der Waals surface area contributed by atoms with Crippen molar-refractivity contribution in [1.82, 2.24) is 4.98 Å². The van der Waals surface area contributed by atoms with Crippen molar-refractivity contribution in [1.29, 1.82) is 5.26 Å². The lowest BCUT2D eigenvalue weighted by Gasteiger charge is -2.04. The Morgan fingerprint density at radius 1 is 1.30 bits per heavy atom. The Kier molecular flexibility index (Phi) is 5.86. The maximum absolute atomic E-state index is 12.3. The quantitative estimate of drug-likeness (QED) is 0.617. The number of halogens is 1. The molecule has 0 radical (unpaired) electrons. The molecule has 27 heavy (non-hydrogen) atoms. The van der Waals surface area contributed by atoms with Crippen molar-refractivity contribution in [3.05, 3.63) is 56.9 Å². The third-order valence-electron chi connectivity index (χ3n) is 3.45. The van der Waals surface area contributed by atoms with Gasteiger partial charge in [-0.1, -0.05) is 23.7 Å². The van der Waals surface area contributed by atoms with Gasteiger partial charge in [-0.15, -0.1) is 22.7 Å². The van der Waals surface area contributed by atoms with Crippen LogP contribution in [0.3, 0.4) is 0 Å². The highest BCUT2D eigenvalue weighted by molar-refractivity contribution is 7.17. The highest BCUT2D eigenvalue weighted by Crippen LogP contribution is 2.29. The molecule has 0 unspecified atom stereocenters. The van der Waals surface area contributed by atoms with Gasteiger partial charge in [-0.3, -0.25) is 4.79 Å². The van der Waals surface area contributed by atoms with Crippen LogP contribution in [0.4, 0.5) is 5.00 Å². The highest BCUT2D eigenvalue weighted by atomic mass is 35.5. The molecule has 0 saturated carbocycles. The number of carbonyl (C=O) groups excluding carboxylic acids is 2. The molecule has 1 aromatic carbocycles. The number of nitrogens with one attached hydrogen (secondary N) is 1. The number of hydrogen-bond donors (Lipinski definition) is 1. The fourth-order valence-electron chi connectivity index (χ4n) is 2.16. The number of aromatic nitrogens is 1. The molecule has 2 heterocycles. The van der Waals surface area contributed by atoms with E-state index in [9.17, 15) is 9.59 Å². The molecule has 0 atom stereocenters. The summed E-state index contributed by atoms with van der Waals surface area (Å²) in [5.41, 5.74) is 1.73. The zero-order valence-corrected chi connectivity index (χ0v) is 16.4. The van der Waals surface area contributed by atoms with Crippen LogP contribution >= 0.6 is 34.3 Å². The largest absolute Gasteiger partial charge is 0.451 e. The molecule has 0 bridgehead atoms. The van der Waals surface area contributed by atoms with E-state index in [1.165, 1.54) is 22.7 Å². The van der Waals surface area contributed by atoms with Gasteiger partial charge in [0.15, 0.2) is 6.61 Å². The number of hydrogen-bond acceptors (Lipinski definition) is 7. The monoisotopic (exact) mass is 417 g/mol. The summed E-state index contributed by atoms with van der Waals surface area (Å²) >= 11 is 8.29. The number of thiazole rings is 1. The molecule has 0 fully saturated rings. The van der Waals surface area contributed by atoms with Crippen molar-refractivity contribution >= 4 is 51.2 Å². The van der Waals surface area contributed by atoms with Crippen molar-refractivity contribution in [2.45, 2.75) is 6.92 Å². The molecule has 9 heteroatoms. The average Bonchev–Trinajstić information content (AvgIpc) is 3.26. The summed E-state index contributed by atoms with van der Waals surface area (Å²) in [5, 5.41) is 14.9. The number of aryl methyl sites for hydroxylation is 1. The van der Waals surface area contributed by atoms with Crippen LogP contribution in [-0.2, 0) is 9.53 Å². The number of ether oxygens (including phenoxy) is 1. The molecule has 136 valence electrons. The Hall–Kier alpha value is -2.73. The van der Waals surface area contributed by atoms with Crippen molar-refractivity contribution in [3.63, 3.8) is 0 Å². The third-order valence-corrected chi connectivity index (χ3v) is 5.71. The van der Waals surface area contributed by atoms with Gasteiger partial charge in [0, 0.05) is 10.6 Å². The lowest BCUT2D eigenvalue weighted by atomic mass is 10.2. The SMILES string of the molecule is Cc1nc(-c2ccc(Cl)cc2)sc1C(=O)OCC(=O)Nc1sccc1C#N. The number of anilines is 1.